The zero-order chi connectivity index (χ0) is 17.8. The number of aromatic nitrogens is 2. The summed E-state index contributed by atoms with van der Waals surface area (Å²) in [5, 5.41) is 13.3. The number of benzene rings is 1. The molecule has 1 amide bonds. The molecule has 1 heterocycles. The summed E-state index contributed by atoms with van der Waals surface area (Å²) in [6.45, 7) is 4.21. The van der Waals surface area contributed by atoms with Crippen LogP contribution in [0.2, 0.25) is 0 Å². The van der Waals surface area contributed by atoms with Crippen molar-refractivity contribution in [2.45, 2.75) is 38.9 Å². The maximum absolute atomic E-state index is 12.1. The number of nitrogens with zero attached hydrogens (tertiary/aromatic N) is 2. The average molecular weight is 341 g/mol. The summed E-state index contributed by atoms with van der Waals surface area (Å²) in [5.41, 5.74) is 1.91. The Kier molecular flexibility index (Phi) is 5.28. The fourth-order valence-corrected chi connectivity index (χ4v) is 3.03. The maximum Gasteiger partial charge on any atom is 0.289 e. The second-order valence-corrected chi connectivity index (χ2v) is 6.53. The van der Waals surface area contributed by atoms with Crippen molar-refractivity contribution in [3.63, 3.8) is 0 Å². The Hall–Kier alpha value is -2.47. The Morgan fingerprint density at radius 1 is 1.24 bits per heavy atom. The molecule has 3 rings (SSSR count). The van der Waals surface area contributed by atoms with E-state index in [2.05, 4.69) is 15.3 Å². The molecule has 1 aliphatic rings. The van der Waals surface area contributed by atoms with Crippen LogP contribution in [0.5, 0.6) is 5.75 Å². The van der Waals surface area contributed by atoms with E-state index in [9.17, 15) is 9.90 Å². The van der Waals surface area contributed by atoms with Gasteiger partial charge in [-0.25, -0.2) is 9.97 Å². The van der Waals surface area contributed by atoms with Crippen LogP contribution in [-0.4, -0.2) is 39.7 Å². The lowest BCUT2D eigenvalue weighted by Crippen LogP contribution is -2.37. The van der Waals surface area contributed by atoms with Gasteiger partial charge in [0.1, 0.15) is 11.9 Å². The van der Waals surface area contributed by atoms with E-state index in [1.807, 2.05) is 38.1 Å². The Morgan fingerprint density at radius 2 is 2.00 bits per heavy atom. The number of hydrogen-bond acceptors (Lipinski definition) is 5. The maximum atomic E-state index is 12.1. The molecule has 2 aromatic rings. The second kappa shape index (κ2) is 7.61. The second-order valence-electron chi connectivity index (χ2n) is 6.53. The zero-order valence-corrected chi connectivity index (χ0v) is 14.5. The molecule has 1 aromatic heterocycles. The van der Waals surface area contributed by atoms with Gasteiger partial charge in [-0.1, -0.05) is 17.7 Å². The quantitative estimate of drug-likeness (QED) is 0.869. The van der Waals surface area contributed by atoms with Crippen LogP contribution in [0, 0.1) is 19.8 Å². The van der Waals surface area contributed by atoms with Crippen LogP contribution in [0.25, 0.3) is 0 Å². The number of carbonyl (C=O) groups excluding carboxylic acids is 1. The van der Waals surface area contributed by atoms with Crippen molar-refractivity contribution in [3.05, 3.63) is 53.6 Å². The first-order chi connectivity index (χ1) is 12.0. The third kappa shape index (κ3) is 4.33. The first-order valence-corrected chi connectivity index (χ1v) is 8.52. The minimum absolute atomic E-state index is 0.0378. The minimum atomic E-state index is -0.611. The molecule has 25 heavy (non-hydrogen) atoms. The summed E-state index contributed by atoms with van der Waals surface area (Å²) >= 11 is 0. The molecule has 0 spiro atoms. The number of aliphatic hydroxyl groups excluding tert-OH is 1. The number of aryl methyl sites for hydroxylation is 2. The molecule has 1 saturated carbocycles. The van der Waals surface area contributed by atoms with Gasteiger partial charge in [-0.15, -0.1) is 0 Å². The van der Waals surface area contributed by atoms with E-state index in [0.29, 0.717) is 6.54 Å². The fraction of sp³-hybridized carbons (Fsp3) is 0.421. The van der Waals surface area contributed by atoms with Gasteiger partial charge in [0.05, 0.1) is 6.10 Å². The van der Waals surface area contributed by atoms with Crippen LogP contribution in [0.4, 0.5) is 0 Å². The molecular formula is C19H23N3O3. The lowest BCUT2D eigenvalue weighted by atomic mass is 10.1. The predicted octanol–water partition coefficient (Wildman–Crippen LogP) is 2.04. The van der Waals surface area contributed by atoms with Crippen LogP contribution in [0.3, 0.4) is 0 Å². The van der Waals surface area contributed by atoms with E-state index in [1.54, 1.807) is 12.3 Å². The van der Waals surface area contributed by atoms with Crippen molar-refractivity contribution < 1.29 is 14.6 Å². The summed E-state index contributed by atoms with van der Waals surface area (Å²) in [6.07, 6.45) is 2.26. The molecule has 1 aromatic carbocycles. The van der Waals surface area contributed by atoms with Gasteiger partial charge < -0.3 is 15.2 Å². The smallest absolute Gasteiger partial charge is 0.289 e. The van der Waals surface area contributed by atoms with E-state index >= 15 is 0 Å². The Balaban J connectivity index is 1.52. The van der Waals surface area contributed by atoms with Gasteiger partial charge in [-0.05, 0) is 44.9 Å². The van der Waals surface area contributed by atoms with E-state index in [4.69, 9.17) is 4.74 Å². The van der Waals surface area contributed by atoms with E-state index < -0.39 is 6.10 Å². The zero-order valence-electron chi connectivity index (χ0n) is 14.5. The van der Waals surface area contributed by atoms with Crippen LogP contribution < -0.4 is 10.1 Å². The van der Waals surface area contributed by atoms with Gasteiger partial charge in [0.15, 0.2) is 0 Å². The number of hydrogen-bond donors (Lipinski definition) is 2. The van der Waals surface area contributed by atoms with Crippen molar-refractivity contribution in [2.24, 2.45) is 5.92 Å². The third-order valence-corrected chi connectivity index (χ3v) is 4.52. The number of nitrogens with one attached hydrogen (secondary N) is 1. The number of rotatable bonds is 5. The predicted molar refractivity (Wildman–Crippen MR) is 93.4 cm³/mol. The standard InChI is InChI=1S/C19H23N3O3/c1-12-3-6-15(7-4-12)25-16-8-5-14(17(16)23)11-21-19(24)18-20-10-9-13(2)22-18/h3-4,6-7,9-10,14,16-17,23H,5,8,11H2,1-2H3,(H,21,24)/t14-,16-,17-/m1/s1. The van der Waals surface area contributed by atoms with Crippen LogP contribution in [-0.2, 0) is 0 Å². The molecule has 6 nitrogen and oxygen atoms in total. The number of ether oxygens (including phenoxy) is 1. The molecule has 1 aliphatic carbocycles. The molecule has 2 N–H and O–H groups in total. The molecule has 6 heteroatoms. The first-order valence-electron chi connectivity index (χ1n) is 8.52. The fourth-order valence-electron chi connectivity index (χ4n) is 3.03. The van der Waals surface area contributed by atoms with Gasteiger partial charge in [-0.3, -0.25) is 4.79 Å². The summed E-state index contributed by atoms with van der Waals surface area (Å²) in [5.74, 6) is 0.551. The van der Waals surface area contributed by atoms with E-state index in [0.717, 1.165) is 24.3 Å². The largest absolute Gasteiger partial charge is 0.488 e. The number of amides is 1. The monoisotopic (exact) mass is 341 g/mol. The SMILES string of the molecule is Cc1ccc(O[C@@H]2CC[C@H](CNC(=O)c3nccc(C)n3)[C@H]2O)cc1. The number of carbonyl (C=O) groups is 1. The first kappa shape index (κ1) is 17.4. The van der Waals surface area contributed by atoms with Crippen molar-refractivity contribution >= 4 is 5.91 Å². The Labute approximate surface area is 147 Å². The minimum Gasteiger partial charge on any atom is -0.488 e. The van der Waals surface area contributed by atoms with Crippen molar-refractivity contribution in [1.29, 1.82) is 0 Å². The van der Waals surface area contributed by atoms with Crippen molar-refractivity contribution in [1.82, 2.24) is 15.3 Å². The lowest BCUT2D eigenvalue weighted by molar-refractivity contribution is 0.0348. The molecule has 0 bridgehead atoms. The van der Waals surface area contributed by atoms with Crippen LogP contribution >= 0.6 is 0 Å². The summed E-state index contributed by atoms with van der Waals surface area (Å²) < 4.78 is 5.89. The molecule has 1 fully saturated rings. The summed E-state index contributed by atoms with van der Waals surface area (Å²) in [7, 11) is 0. The normalized spacial score (nSPS) is 22.6. The van der Waals surface area contributed by atoms with Gasteiger partial charge >= 0.3 is 0 Å². The molecule has 0 unspecified atom stereocenters. The highest BCUT2D eigenvalue weighted by Crippen LogP contribution is 2.29. The van der Waals surface area contributed by atoms with Crippen LogP contribution in [0.15, 0.2) is 36.5 Å². The highest BCUT2D eigenvalue weighted by atomic mass is 16.5. The van der Waals surface area contributed by atoms with Crippen LogP contribution in [0.1, 0.15) is 34.7 Å². The highest BCUT2D eigenvalue weighted by Gasteiger charge is 2.36. The highest BCUT2D eigenvalue weighted by molar-refractivity contribution is 5.90. The Bertz CT molecular complexity index is 733. The van der Waals surface area contributed by atoms with Crippen molar-refractivity contribution in [3.8, 4) is 5.75 Å². The summed E-state index contributed by atoms with van der Waals surface area (Å²) in [6, 6.07) is 9.52. The number of aliphatic hydroxyl groups is 1. The molecular weight excluding hydrogens is 318 g/mol. The van der Waals surface area contributed by atoms with Gasteiger partial charge in [-0.2, -0.15) is 0 Å². The molecule has 3 atom stereocenters. The topological polar surface area (TPSA) is 84.3 Å². The molecule has 0 radical (unpaired) electrons. The van der Waals surface area contributed by atoms with Gasteiger partial charge in [0.2, 0.25) is 5.82 Å². The van der Waals surface area contributed by atoms with E-state index in [-0.39, 0.29) is 23.8 Å². The van der Waals surface area contributed by atoms with Crippen molar-refractivity contribution in [2.75, 3.05) is 6.54 Å². The average Bonchev–Trinajstić information content (AvgIpc) is 2.95. The van der Waals surface area contributed by atoms with Gasteiger partial charge in [0.25, 0.3) is 5.91 Å². The third-order valence-electron chi connectivity index (χ3n) is 4.52. The van der Waals surface area contributed by atoms with E-state index in [1.165, 1.54) is 5.56 Å². The Morgan fingerprint density at radius 3 is 2.72 bits per heavy atom. The van der Waals surface area contributed by atoms with Gasteiger partial charge in [0, 0.05) is 24.4 Å². The lowest BCUT2D eigenvalue weighted by Gasteiger charge is -2.21. The summed E-state index contributed by atoms with van der Waals surface area (Å²) in [4.78, 5) is 20.2. The molecule has 0 saturated heterocycles. The molecule has 0 aliphatic heterocycles. The molecule has 132 valence electrons.